The van der Waals surface area contributed by atoms with Gasteiger partial charge in [-0.25, -0.2) is 0 Å². The predicted octanol–water partition coefficient (Wildman–Crippen LogP) is 8.00. The Bertz CT molecular complexity index is 1550. The van der Waals surface area contributed by atoms with Gasteiger partial charge in [-0.05, 0) is 0 Å². The average Bonchev–Trinajstić information content (AvgIpc) is 3.28. The molecule has 2 N–H and O–H groups in total. The van der Waals surface area contributed by atoms with Crippen molar-refractivity contribution in [2.45, 2.75) is 0 Å². The van der Waals surface area contributed by atoms with Crippen LogP contribution in [-0.4, -0.2) is 26.1 Å². The Morgan fingerprint density at radius 2 is 1.03 bits per heavy atom. The Labute approximate surface area is 230 Å². The summed E-state index contributed by atoms with van der Waals surface area (Å²) < 4.78 is 1.25. The summed E-state index contributed by atoms with van der Waals surface area (Å²) in [7, 11) is 0. The van der Waals surface area contributed by atoms with Gasteiger partial charge in [0.2, 0.25) is 0 Å². The molecule has 0 unspecified atom stereocenters. The number of hydrogen-bond acceptors (Lipinski definition) is 4. The fraction of sp³-hybridized carbons (Fsp3) is 0. The summed E-state index contributed by atoms with van der Waals surface area (Å²) in [6.45, 7) is 0. The van der Waals surface area contributed by atoms with E-state index in [-0.39, 0.29) is 11.6 Å². The van der Waals surface area contributed by atoms with Crippen molar-refractivity contribution in [2.75, 3.05) is 10.6 Å². The molecule has 0 radical (unpaired) electrons. The van der Waals surface area contributed by atoms with Gasteiger partial charge in [0.25, 0.3) is 0 Å². The number of halogens is 2. The van der Waals surface area contributed by atoms with Gasteiger partial charge >= 0.3 is 231 Å². The predicted molar refractivity (Wildman–Crippen MR) is 153 cm³/mol. The number of nitrogens with one attached hydrogen (secondary N) is 2. The van der Waals surface area contributed by atoms with Crippen molar-refractivity contribution in [2.24, 2.45) is 0 Å². The van der Waals surface area contributed by atoms with E-state index in [0.29, 0.717) is 41.4 Å². The standard InChI is InChI=1S/C30H20Cl2N2O2Se/c31-21-11-15-23(16-12-21)33-26-25(27(35)19-7-3-1-4-8-19)30(34-24-17-13-22(32)14-18-24)37-29(26)28(36)20-9-5-2-6-10-20/h1-18,33-34H. The van der Waals surface area contributed by atoms with E-state index in [4.69, 9.17) is 23.2 Å². The van der Waals surface area contributed by atoms with Gasteiger partial charge in [0.05, 0.1) is 0 Å². The van der Waals surface area contributed by atoms with Crippen molar-refractivity contribution in [3.8, 4) is 0 Å². The van der Waals surface area contributed by atoms with E-state index in [9.17, 15) is 9.59 Å². The van der Waals surface area contributed by atoms with Gasteiger partial charge in [0, 0.05) is 0 Å². The van der Waals surface area contributed by atoms with Crippen molar-refractivity contribution >= 4 is 70.9 Å². The molecule has 1 heterocycles. The number of carbonyl (C=O) groups excluding carboxylic acids is 2. The molecule has 1 aromatic heterocycles. The van der Waals surface area contributed by atoms with E-state index in [1.807, 2.05) is 60.7 Å². The van der Waals surface area contributed by atoms with Crippen molar-refractivity contribution in [1.82, 2.24) is 0 Å². The summed E-state index contributed by atoms with van der Waals surface area (Å²) in [5.74, 6) is -0.297. The van der Waals surface area contributed by atoms with Crippen molar-refractivity contribution in [1.29, 1.82) is 0 Å². The number of benzene rings is 4. The van der Waals surface area contributed by atoms with Crippen LogP contribution in [0.5, 0.6) is 0 Å². The fourth-order valence-corrected chi connectivity index (χ4v) is 6.45. The molecule has 0 bridgehead atoms. The van der Waals surface area contributed by atoms with E-state index in [2.05, 4.69) is 10.6 Å². The summed E-state index contributed by atoms with van der Waals surface area (Å²) in [6, 6.07) is 32.6. The second-order valence-electron chi connectivity index (χ2n) is 8.16. The molecule has 182 valence electrons. The van der Waals surface area contributed by atoms with Crippen LogP contribution in [0.2, 0.25) is 10.0 Å². The van der Waals surface area contributed by atoms with Crippen LogP contribution in [0.4, 0.5) is 21.6 Å². The molecule has 0 fully saturated rings. The van der Waals surface area contributed by atoms with Gasteiger partial charge in [0.15, 0.2) is 0 Å². The molecule has 5 aromatic rings. The SMILES string of the molecule is O=C(c1ccccc1)c1[se]c(Nc2ccc(Cl)cc2)c(C(=O)c2ccccc2)c1Nc1ccc(Cl)cc1. The van der Waals surface area contributed by atoms with Gasteiger partial charge in [-0.2, -0.15) is 0 Å². The Morgan fingerprint density at radius 1 is 0.568 bits per heavy atom. The van der Waals surface area contributed by atoms with Crippen molar-refractivity contribution in [3.05, 3.63) is 140 Å². The molecule has 0 aliphatic carbocycles. The first-order valence-corrected chi connectivity index (χ1v) is 13.9. The number of rotatable bonds is 8. The summed E-state index contributed by atoms with van der Waals surface area (Å²) in [4.78, 5) is 27.7. The third-order valence-corrected chi connectivity index (χ3v) is 8.45. The third-order valence-electron chi connectivity index (χ3n) is 5.63. The second-order valence-corrected chi connectivity index (χ2v) is 11.2. The zero-order valence-corrected chi connectivity index (χ0v) is 22.6. The third kappa shape index (κ3) is 5.71. The van der Waals surface area contributed by atoms with E-state index >= 15 is 0 Å². The molecule has 5 rings (SSSR count). The maximum atomic E-state index is 13.9. The van der Waals surface area contributed by atoms with Crippen LogP contribution in [0, 0.1) is 0 Å². The zero-order valence-electron chi connectivity index (χ0n) is 19.4. The van der Waals surface area contributed by atoms with E-state index in [1.165, 1.54) is 0 Å². The molecule has 0 atom stereocenters. The van der Waals surface area contributed by atoms with Crippen LogP contribution in [0.1, 0.15) is 30.7 Å². The average molecular weight is 590 g/mol. The van der Waals surface area contributed by atoms with E-state index < -0.39 is 14.5 Å². The first-order valence-electron chi connectivity index (χ1n) is 11.4. The molecule has 37 heavy (non-hydrogen) atoms. The first-order chi connectivity index (χ1) is 18.0. The zero-order chi connectivity index (χ0) is 25.8. The fourth-order valence-electron chi connectivity index (χ4n) is 3.81. The van der Waals surface area contributed by atoms with Crippen LogP contribution in [0.25, 0.3) is 0 Å². The Kier molecular flexibility index (Phi) is 7.59. The first kappa shape index (κ1) is 25.1. The summed E-state index contributed by atoms with van der Waals surface area (Å²) in [6.07, 6.45) is 0. The minimum atomic E-state index is -0.485. The molecule has 0 spiro atoms. The van der Waals surface area contributed by atoms with E-state index in [0.717, 1.165) is 11.4 Å². The molecule has 0 aliphatic rings. The molecule has 4 nitrogen and oxygen atoms in total. The number of carbonyl (C=O) groups is 2. The number of anilines is 4. The van der Waals surface area contributed by atoms with Crippen LogP contribution in [0.3, 0.4) is 0 Å². The minimum absolute atomic E-state index is 0.122. The summed E-state index contributed by atoms with van der Waals surface area (Å²) in [5.41, 5.74) is 3.54. The maximum absolute atomic E-state index is 13.9. The van der Waals surface area contributed by atoms with Crippen LogP contribution >= 0.6 is 23.2 Å². The van der Waals surface area contributed by atoms with Crippen LogP contribution < -0.4 is 10.6 Å². The molecule has 0 saturated carbocycles. The molecule has 0 aliphatic heterocycles. The Balaban J connectivity index is 1.70. The van der Waals surface area contributed by atoms with E-state index in [1.54, 1.807) is 48.5 Å². The molecular weight excluding hydrogens is 570 g/mol. The Hall–Kier alpha value is -3.60. The van der Waals surface area contributed by atoms with Gasteiger partial charge < -0.3 is 0 Å². The number of hydrogen-bond donors (Lipinski definition) is 2. The molecule has 7 heteroatoms. The number of ketones is 2. The van der Waals surface area contributed by atoms with Crippen molar-refractivity contribution in [3.63, 3.8) is 0 Å². The van der Waals surface area contributed by atoms with Gasteiger partial charge in [0.1, 0.15) is 0 Å². The van der Waals surface area contributed by atoms with Crippen LogP contribution in [-0.2, 0) is 0 Å². The summed E-state index contributed by atoms with van der Waals surface area (Å²) >= 11 is 11.7. The normalized spacial score (nSPS) is 10.6. The van der Waals surface area contributed by atoms with Crippen LogP contribution in [0.15, 0.2) is 109 Å². The quantitative estimate of drug-likeness (QED) is 0.142. The molecule has 0 saturated heterocycles. The van der Waals surface area contributed by atoms with Gasteiger partial charge in [-0.3, -0.25) is 0 Å². The van der Waals surface area contributed by atoms with Crippen molar-refractivity contribution < 1.29 is 9.59 Å². The molecular formula is C30H20Cl2N2O2Se. The van der Waals surface area contributed by atoms with Gasteiger partial charge in [-0.1, -0.05) is 0 Å². The van der Waals surface area contributed by atoms with Gasteiger partial charge in [-0.15, -0.1) is 0 Å². The topological polar surface area (TPSA) is 58.2 Å². The molecule has 0 amide bonds. The summed E-state index contributed by atoms with van der Waals surface area (Å²) in [5, 5.41) is 7.98. The monoisotopic (exact) mass is 590 g/mol. The Morgan fingerprint density at radius 3 is 1.54 bits per heavy atom. The second kappa shape index (κ2) is 11.2. The molecule has 4 aromatic carbocycles.